The lowest BCUT2D eigenvalue weighted by Crippen LogP contribution is -2.32. The molecule has 4 N–H and O–H groups in total. The molecular formula is C16H20N6O. The molecule has 0 atom stereocenters. The van der Waals surface area contributed by atoms with Gasteiger partial charge in [-0.1, -0.05) is 20.8 Å². The van der Waals surface area contributed by atoms with Crippen molar-refractivity contribution in [2.45, 2.75) is 33.6 Å². The van der Waals surface area contributed by atoms with E-state index in [1.807, 2.05) is 26.8 Å². The van der Waals surface area contributed by atoms with E-state index in [1.165, 1.54) is 4.68 Å². The molecule has 120 valence electrons. The van der Waals surface area contributed by atoms with Crippen LogP contribution in [-0.2, 0) is 0 Å². The smallest absolute Gasteiger partial charge is 0.253 e. The molecule has 0 aliphatic rings. The average Bonchev–Trinajstić information content (AvgIpc) is 2.96. The first-order valence-electron chi connectivity index (χ1n) is 7.65. The molecular weight excluding hydrogens is 292 g/mol. The van der Waals surface area contributed by atoms with E-state index in [4.69, 9.17) is 11.5 Å². The van der Waals surface area contributed by atoms with Crippen LogP contribution in [0.15, 0.2) is 18.3 Å². The predicted octanol–water partition coefficient (Wildman–Crippen LogP) is 2.61. The van der Waals surface area contributed by atoms with Crippen LogP contribution in [0.4, 0.5) is 11.8 Å². The Kier molecular flexibility index (Phi) is 3.43. The van der Waals surface area contributed by atoms with Crippen LogP contribution in [-0.4, -0.2) is 25.7 Å². The van der Waals surface area contributed by atoms with Crippen molar-refractivity contribution < 1.29 is 4.79 Å². The maximum Gasteiger partial charge on any atom is 0.253 e. The Hall–Kier alpha value is -2.70. The van der Waals surface area contributed by atoms with E-state index in [2.05, 4.69) is 15.1 Å². The number of benzene rings is 1. The Labute approximate surface area is 133 Å². The highest BCUT2D eigenvalue weighted by Crippen LogP contribution is 2.32. The second kappa shape index (κ2) is 5.19. The molecule has 1 aromatic carbocycles. The molecule has 0 saturated heterocycles. The Morgan fingerprint density at radius 3 is 2.57 bits per heavy atom. The molecule has 0 spiro atoms. The number of aromatic nitrogens is 4. The summed E-state index contributed by atoms with van der Waals surface area (Å²) in [5, 5.41) is 5.72. The third kappa shape index (κ3) is 2.19. The number of nitrogen functional groups attached to an aromatic ring is 2. The van der Waals surface area contributed by atoms with Gasteiger partial charge in [-0.2, -0.15) is 14.8 Å². The van der Waals surface area contributed by atoms with Gasteiger partial charge in [0.1, 0.15) is 5.82 Å². The summed E-state index contributed by atoms with van der Waals surface area (Å²) in [5.41, 5.74) is 12.5. The first kappa shape index (κ1) is 15.2. The molecule has 3 rings (SSSR count). The topological polar surface area (TPSA) is 113 Å². The van der Waals surface area contributed by atoms with Gasteiger partial charge >= 0.3 is 0 Å². The van der Waals surface area contributed by atoms with Crippen LogP contribution >= 0.6 is 0 Å². The van der Waals surface area contributed by atoms with E-state index >= 15 is 0 Å². The minimum Gasteiger partial charge on any atom is -0.383 e. The van der Waals surface area contributed by atoms with Crippen molar-refractivity contribution in [1.82, 2.24) is 19.7 Å². The van der Waals surface area contributed by atoms with Crippen molar-refractivity contribution in [1.29, 1.82) is 0 Å². The molecule has 23 heavy (non-hydrogen) atoms. The molecule has 2 aromatic heterocycles. The molecule has 0 aliphatic carbocycles. The highest BCUT2D eigenvalue weighted by molar-refractivity contribution is 6.11. The second-order valence-electron chi connectivity index (χ2n) is 5.99. The number of hydrogen-bond donors (Lipinski definition) is 2. The number of anilines is 2. The van der Waals surface area contributed by atoms with E-state index in [1.54, 1.807) is 12.3 Å². The van der Waals surface area contributed by atoms with Crippen LogP contribution < -0.4 is 11.5 Å². The van der Waals surface area contributed by atoms with Crippen LogP contribution in [0.3, 0.4) is 0 Å². The molecule has 0 bridgehead atoms. The van der Waals surface area contributed by atoms with Crippen molar-refractivity contribution in [2.75, 3.05) is 11.5 Å². The van der Waals surface area contributed by atoms with Crippen molar-refractivity contribution in [3.63, 3.8) is 0 Å². The first-order chi connectivity index (χ1) is 10.9. The second-order valence-corrected chi connectivity index (χ2v) is 5.99. The Balaban J connectivity index is 2.27. The third-order valence-corrected chi connectivity index (χ3v) is 4.73. The Morgan fingerprint density at radius 1 is 1.22 bits per heavy atom. The zero-order valence-electron chi connectivity index (χ0n) is 13.5. The molecule has 0 radical (unpaired) electrons. The summed E-state index contributed by atoms with van der Waals surface area (Å²) in [6, 6.07) is 3.60. The molecule has 0 unspecified atom stereocenters. The quantitative estimate of drug-likeness (QED) is 0.768. The summed E-state index contributed by atoms with van der Waals surface area (Å²) in [6.07, 6.45) is 3.13. The fraction of sp³-hybridized carbons (Fsp3) is 0.375. The molecule has 0 saturated carbocycles. The number of nitrogens with two attached hydrogens (primary N) is 2. The first-order valence-corrected chi connectivity index (χ1v) is 7.65. The third-order valence-electron chi connectivity index (χ3n) is 4.73. The van der Waals surface area contributed by atoms with Crippen LogP contribution in [0.25, 0.3) is 21.8 Å². The Bertz CT molecular complexity index is 910. The van der Waals surface area contributed by atoms with Gasteiger partial charge in [-0.3, -0.25) is 4.79 Å². The standard InChI is InChI=1S/C16H20N6O/c1-4-16(3,5-2)14(23)22-11-7-6-10-12(9(11)8-19-22)13(17)21-15(18)20-10/h6-8H,4-5H2,1-3H3,(H4,17,18,20,21). The van der Waals surface area contributed by atoms with Gasteiger partial charge in [0.2, 0.25) is 5.95 Å². The largest absolute Gasteiger partial charge is 0.383 e. The Morgan fingerprint density at radius 2 is 1.91 bits per heavy atom. The average molecular weight is 312 g/mol. The predicted molar refractivity (Wildman–Crippen MR) is 91.0 cm³/mol. The summed E-state index contributed by atoms with van der Waals surface area (Å²) in [7, 11) is 0. The van der Waals surface area contributed by atoms with Crippen molar-refractivity contribution in [3.8, 4) is 0 Å². The summed E-state index contributed by atoms with van der Waals surface area (Å²) in [6.45, 7) is 5.98. The minimum atomic E-state index is -0.447. The van der Waals surface area contributed by atoms with Gasteiger partial charge in [0.25, 0.3) is 5.91 Å². The summed E-state index contributed by atoms with van der Waals surface area (Å²) in [4.78, 5) is 21.1. The van der Waals surface area contributed by atoms with Gasteiger partial charge in [0, 0.05) is 10.8 Å². The van der Waals surface area contributed by atoms with Gasteiger partial charge in [0.15, 0.2) is 0 Å². The SMILES string of the molecule is CCC(C)(CC)C(=O)n1ncc2c3c(N)nc(N)nc3ccc21. The van der Waals surface area contributed by atoms with Gasteiger partial charge < -0.3 is 11.5 Å². The van der Waals surface area contributed by atoms with Gasteiger partial charge in [-0.05, 0) is 25.0 Å². The molecule has 3 aromatic rings. The van der Waals surface area contributed by atoms with Crippen LogP contribution in [0.1, 0.15) is 38.4 Å². The number of carbonyl (C=O) groups is 1. The summed E-state index contributed by atoms with van der Waals surface area (Å²) < 4.78 is 1.46. The van der Waals surface area contributed by atoms with E-state index in [9.17, 15) is 4.79 Å². The van der Waals surface area contributed by atoms with Crippen molar-refractivity contribution >= 4 is 39.5 Å². The molecule has 0 fully saturated rings. The van der Waals surface area contributed by atoms with Crippen LogP contribution in [0.2, 0.25) is 0 Å². The zero-order chi connectivity index (χ0) is 16.8. The van der Waals surface area contributed by atoms with Crippen LogP contribution in [0, 0.1) is 5.41 Å². The fourth-order valence-electron chi connectivity index (χ4n) is 2.75. The maximum absolute atomic E-state index is 12.9. The van der Waals surface area contributed by atoms with Gasteiger partial charge in [0.05, 0.1) is 22.6 Å². The summed E-state index contributed by atoms with van der Waals surface area (Å²) in [5.74, 6) is 0.396. The van der Waals surface area contributed by atoms with Gasteiger partial charge in [-0.25, -0.2) is 4.98 Å². The number of fused-ring (bicyclic) bond motifs is 3. The number of nitrogens with zero attached hydrogens (tertiary/aromatic N) is 4. The normalized spacial score (nSPS) is 12.1. The van der Waals surface area contributed by atoms with Crippen molar-refractivity contribution in [3.05, 3.63) is 18.3 Å². The molecule has 7 heteroatoms. The lowest BCUT2D eigenvalue weighted by molar-refractivity contribution is 0.0695. The van der Waals surface area contributed by atoms with E-state index in [0.29, 0.717) is 22.2 Å². The highest BCUT2D eigenvalue weighted by atomic mass is 16.2. The number of rotatable bonds is 3. The van der Waals surface area contributed by atoms with E-state index in [-0.39, 0.29) is 11.9 Å². The summed E-state index contributed by atoms with van der Waals surface area (Å²) >= 11 is 0. The highest BCUT2D eigenvalue weighted by Gasteiger charge is 2.32. The number of hydrogen-bond acceptors (Lipinski definition) is 6. The molecule has 7 nitrogen and oxygen atoms in total. The van der Waals surface area contributed by atoms with Gasteiger partial charge in [-0.15, -0.1) is 0 Å². The molecule has 2 heterocycles. The lowest BCUT2D eigenvalue weighted by Gasteiger charge is -2.24. The van der Waals surface area contributed by atoms with Crippen LogP contribution in [0.5, 0.6) is 0 Å². The minimum absolute atomic E-state index is 0.0215. The molecule has 0 amide bonds. The monoisotopic (exact) mass is 312 g/mol. The fourth-order valence-corrected chi connectivity index (χ4v) is 2.75. The lowest BCUT2D eigenvalue weighted by atomic mass is 9.84. The van der Waals surface area contributed by atoms with E-state index in [0.717, 1.165) is 18.2 Å². The number of carbonyl (C=O) groups excluding carboxylic acids is 1. The zero-order valence-corrected chi connectivity index (χ0v) is 13.5. The van der Waals surface area contributed by atoms with E-state index < -0.39 is 5.41 Å². The van der Waals surface area contributed by atoms with Crippen molar-refractivity contribution in [2.24, 2.45) is 5.41 Å². The maximum atomic E-state index is 12.9. The molecule has 0 aliphatic heterocycles.